The average molecular weight is 368 g/mol. The molecule has 2 amide bonds. The molecule has 0 fully saturated rings. The predicted molar refractivity (Wildman–Crippen MR) is 83.4 cm³/mol. The van der Waals surface area contributed by atoms with Crippen LogP contribution in [0, 0.1) is 0 Å². The average Bonchev–Trinajstić information content (AvgIpc) is 2.47. The molecule has 0 radical (unpaired) electrons. The highest BCUT2D eigenvalue weighted by atomic mass is 35.5. The van der Waals surface area contributed by atoms with Gasteiger partial charge in [-0.1, -0.05) is 34.8 Å². The highest BCUT2D eigenvalue weighted by Gasteiger charge is 2.19. The summed E-state index contributed by atoms with van der Waals surface area (Å²) < 4.78 is 4.79. The predicted octanol–water partition coefficient (Wildman–Crippen LogP) is 2.06. The lowest BCUT2D eigenvalue weighted by molar-refractivity contribution is -0.127. The SMILES string of the molecule is CCNC(=O)CNC(=O)COC(=O)c1c(Cl)ccc(Cl)c1Cl. The molecular formula is C13H13Cl3N2O4. The van der Waals surface area contributed by atoms with Crippen molar-refractivity contribution in [2.75, 3.05) is 19.7 Å². The van der Waals surface area contributed by atoms with Crippen molar-refractivity contribution in [2.45, 2.75) is 6.92 Å². The molecule has 0 aliphatic rings. The van der Waals surface area contributed by atoms with Crippen LogP contribution in [0.5, 0.6) is 0 Å². The number of likely N-dealkylation sites (N-methyl/N-ethyl adjacent to an activating group) is 1. The number of hydrogen-bond donors (Lipinski definition) is 2. The van der Waals surface area contributed by atoms with Crippen LogP contribution in [0.1, 0.15) is 17.3 Å². The van der Waals surface area contributed by atoms with Crippen molar-refractivity contribution in [3.63, 3.8) is 0 Å². The molecule has 120 valence electrons. The first-order valence-electron chi connectivity index (χ1n) is 6.20. The van der Waals surface area contributed by atoms with Gasteiger partial charge in [0, 0.05) is 6.54 Å². The van der Waals surface area contributed by atoms with Gasteiger partial charge in [0.2, 0.25) is 5.91 Å². The molecule has 0 heterocycles. The maximum atomic E-state index is 11.9. The monoisotopic (exact) mass is 366 g/mol. The zero-order valence-corrected chi connectivity index (χ0v) is 13.8. The van der Waals surface area contributed by atoms with E-state index in [-0.39, 0.29) is 33.1 Å². The van der Waals surface area contributed by atoms with Gasteiger partial charge in [-0.2, -0.15) is 0 Å². The van der Waals surface area contributed by atoms with E-state index in [9.17, 15) is 14.4 Å². The molecular weight excluding hydrogens is 355 g/mol. The van der Waals surface area contributed by atoms with Gasteiger partial charge in [-0.25, -0.2) is 4.79 Å². The van der Waals surface area contributed by atoms with Crippen molar-refractivity contribution in [3.8, 4) is 0 Å². The molecule has 1 aromatic carbocycles. The molecule has 22 heavy (non-hydrogen) atoms. The minimum absolute atomic E-state index is 0.0538. The minimum atomic E-state index is -0.884. The van der Waals surface area contributed by atoms with E-state index in [0.717, 1.165) is 0 Å². The van der Waals surface area contributed by atoms with Crippen molar-refractivity contribution < 1.29 is 19.1 Å². The molecule has 0 bridgehead atoms. The number of esters is 1. The van der Waals surface area contributed by atoms with Gasteiger partial charge in [0.15, 0.2) is 6.61 Å². The lowest BCUT2D eigenvalue weighted by atomic mass is 10.2. The third-order valence-corrected chi connectivity index (χ3v) is 3.52. The summed E-state index contributed by atoms with van der Waals surface area (Å²) in [6.45, 7) is 1.43. The van der Waals surface area contributed by atoms with Crippen LogP contribution in [0.3, 0.4) is 0 Å². The van der Waals surface area contributed by atoms with E-state index >= 15 is 0 Å². The Hall–Kier alpha value is -1.50. The van der Waals surface area contributed by atoms with Crippen LogP contribution in [-0.2, 0) is 14.3 Å². The molecule has 0 aliphatic carbocycles. The van der Waals surface area contributed by atoms with E-state index in [0.29, 0.717) is 6.54 Å². The molecule has 0 atom stereocenters. The van der Waals surface area contributed by atoms with Crippen molar-refractivity contribution in [2.24, 2.45) is 0 Å². The van der Waals surface area contributed by atoms with E-state index in [4.69, 9.17) is 39.5 Å². The quantitative estimate of drug-likeness (QED) is 0.595. The highest BCUT2D eigenvalue weighted by Crippen LogP contribution is 2.31. The smallest absolute Gasteiger partial charge is 0.341 e. The first kappa shape index (κ1) is 18.5. The summed E-state index contributed by atoms with van der Waals surface area (Å²) in [5.74, 6) is -1.86. The molecule has 1 rings (SSSR count). The number of amides is 2. The second-order valence-electron chi connectivity index (χ2n) is 4.02. The largest absolute Gasteiger partial charge is 0.452 e. The fraction of sp³-hybridized carbons (Fsp3) is 0.308. The number of hydrogen-bond acceptors (Lipinski definition) is 4. The van der Waals surface area contributed by atoms with Crippen LogP contribution in [0.4, 0.5) is 0 Å². The molecule has 2 N–H and O–H groups in total. The molecule has 0 saturated carbocycles. The summed E-state index contributed by atoms with van der Waals surface area (Å²) in [5.41, 5.74) is -0.118. The fourth-order valence-corrected chi connectivity index (χ4v) is 2.09. The van der Waals surface area contributed by atoms with Crippen LogP contribution < -0.4 is 10.6 Å². The third kappa shape index (κ3) is 5.36. The van der Waals surface area contributed by atoms with Crippen molar-refractivity contribution in [1.82, 2.24) is 10.6 Å². The zero-order valence-electron chi connectivity index (χ0n) is 11.5. The molecule has 6 nitrogen and oxygen atoms in total. The van der Waals surface area contributed by atoms with Crippen LogP contribution in [0.25, 0.3) is 0 Å². The molecule has 0 spiro atoms. The Bertz CT molecular complexity index is 593. The number of carbonyl (C=O) groups excluding carboxylic acids is 3. The van der Waals surface area contributed by atoms with Crippen molar-refractivity contribution >= 4 is 52.6 Å². The van der Waals surface area contributed by atoms with Crippen molar-refractivity contribution in [3.05, 3.63) is 32.8 Å². The van der Waals surface area contributed by atoms with E-state index in [1.54, 1.807) is 6.92 Å². The summed E-state index contributed by atoms with van der Waals surface area (Å²) in [7, 11) is 0. The summed E-state index contributed by atoms with van der Waals surface area (Å²) in [6.07, 6.45) is 0. The summed E-state index contributed by atoms with van der Waals surface area (Å²) in [5, 5.41) is 4.94. The second kappa shape index (κ2) is 8.82. The topological polar surface area (TPSA) is 84.5 Å². The van der Waals surface area contributed by atoms with Gasteiger partial charge in [-0.15, -0.1) is 0 Å². The lowest BCUT2D eigenvalue weighted by Gasteiger charge is -2.09. The molecule has 0 aliphatic heterocycles. The van der Waals surface area contributed by atoms with Gasteiger partial charge in [0.1, 0.15) is 0 Å². The van der Waals surface area contributed by atoms with Gasteiger partial charge < -0.3 is 15.4 Å². The van der Waals surface area contributed by atoms with Gasteiger partial charge in [0.05, 0.1) is 27.2 Å². The molecule has 0 aromatic heterocycles. The Kier molecular flexibility index (Phi) is 7.44. The Labute approximate surface area is 142 Å². The lowest BCUT2D eigenvalue weighted by Crippen LogP contribution is -2.38. The first-order chi connectivity index (χ1) is 10.4. The zero-order chi connectivity index (χ0) is 16.7. The van der Waals surface area contributed by atoms with Crippen LogP contribution >= 0.6 is 34.8 Å². The Balaban J connectivity index is 2.55. The highest BCUT2D eigenvalue weighted by molar-refractivity contribution is 6.46. The second-order valence-corrected chi connectivity index (χ2v) is 5.22. The Morgan fingerprint density at radius 1 is 1.05 bits per heavy atom. The number of ether oxygens (including phenoxy) is 1. The summed E-state index contributed by atoms with van der Waals surface area (Å²) in [4.78, 5) is 34.5. The van der Waals surface area contributed by atoms with E-state index in [1.807, 2.05) is 0 Å². The standard InChI is InChI=1S/C13H13Cl3N2O4/c1-2-17-9(19)5-18-10(20)6-22-13(21)11-7(14)3-4-8(15)12(11)16/h3-4H,2,5-6H2,1H3,(H,17,19)(H,18,20). The minimum Gasteiger partial charge on any atom is -0.452 e. The van der Waals surface area contributed by atoms with Gasteiger partial charge in [-0.05, 0) is 19.1 Å². The fourth-order valence-electron chi connectivity index (χ4n) is 1.41. The number of nitrogens with one attached hydrogen (secondary N) is 2. The van der Waals surface area contributed by atoms with E-state index in [1.165, 1.54) is 12.1 Å². The van der Waals surface area contributed by atoms with Gasteiger partial charge in [0.25, 0.3) is 5.91 Å². The number of benzene rings is 1. The van der Waals surface area contributed by atoms with E-state index < -0.39 is 18.5 Å². The molecule has 0 unspecified atom stereocenters. The Morgan fingerprint density at radius 3 is 2.32 bits per heavy atom. The maximum Gasteiger partial charge on any atom is 0.341 e. The third-order valence-electron chi connectivity index (χ3n) is 2.40. The first-order valence-corrected chi connectivity index (χ1v) is 7.34. The molecule has 0 saturated heterocycles. The summed E-state index contributed by atoms with van der Waals surface area (Å²) >= 11 is 17.5. The van der Waals surface area contributed by atoms with Crippen LogP contribution in [0.15, 0.2) is 12.1 Å². The Morgan fingerprint density at radius 2 is 1.68 bits per heavy atom. The van der Waals surface area contributed by atoms with Gasteiger partial charge in [-0.3, -0.25) is 9.59 Å². The molecule has 1 aromatic rings. The number of rotatable bonds is 6. The van der Waals surface area contributed by atoms with Gasteiger partial charge >= 0.3 is 5.97 Å². The normalized spacial score (nSPS) is 10.0. The maximum absolute atomic E-state index is 11.9. The summed E-state index contributed by atoms with van der Waals surface area (Å²) in [6, 6.07) is 2.82. The molecule has 9 heteroatoms. The number of halogens is 3. The van der Waals surface area contributed by atoms with Crippen molar-refractivity contribution in [1.29, 1.82) is 0 Å². The van der Waals surface area contributed by atoms with E-state index in [2.05, 4.69) is 10.6 Å². The number of carbonyl (C=O) groups is 3. The van der Waals surface area contributed by atoms with Crippen LogP contribution in [0.2, 0.25) is 15.1 Å². The van der Waals surface area contributed by atoms with Crippen LogP contribution in [-0.4, -0.2) is 37.5 Å².